The quantitative estimate of drug-likeness (QED) is 0.437. The molecule has 3 rings (SSSR count). The van der Waals surface area contributed by atoms with Gasteiger partial charge in [0.2, 0.25) is 0 Å². The number of hydrogen-bond acceptors (Lipinski definition) is 3. The van der Waals surface area contributed by atoms with Crippen molar-refractivity contribution in [2.24, 2.45) is 0 Å². The van der Waals surface area contributed by atoms with E-state index < -0.39 is 12.1 Å². The molecule has 186 valence electrons. The van der Waals surface area contributed by atoms with Gasteiger partial charge < -0.3 is 15.2 Å². The molecule has 1 heterocycles. The molecule has 35 heavy (non-hydrogen) atoms. The van der Waals surface area contributed by atoms with Gasteiger partial charge >= 0.3 is 6.18 Å². The van der Waals surface area contributed by atoms with Gasteiger partial charge in [-0.05, 0) is 64.7 Å². The van der Waals surface area contributed by atoms with E-state index in [1.807, 2.05) is 61.5 Å². The number of amides is 1. The van der Waals surface area contributed by atoms with Crippen molar-refractivity contribution in [3.8, 4) is 0 Å². The number of carboxylic acids is 1. The van der Waals surface area contributed by atoms with Gasteiger partial charge in [-0.2, -0.15) is 13.2 Å². The molecule has 0 radical (unpaired) electrons. The predicted molar refractivity (Wildman–Crippen MR) is 128 cm³/mol. The van der Waals surface area contributed by atoms with Gasteiger partial charge in [0.15, 0.2) is 12.4 Å². The van der Waals surface area contributed by atoms with Crippen LogP contribution in [-0.4, -0.2) is 24.1 Å². The summed E-state index contributed by atoms with van der Waals surface area (Å²) in [6.45, 7) is 2.02. The third-order valence-electron chi connectivity index (χ3n) is 4.92. The van der Waals surface area contributed by atoms with Crippen molar-refractivity contribution in [3.05, 3.63) is 98.2 Å². The van der Waals surface area contributed by atoms with Crippen LogP contribution in [0.1, 0.15) is 34.3 Å². The lowest BCUT2D eigenvalue weighted by Gasteiger charge is -2.26. The number of halogens is 6. The van der Waals surface area contributed by atoms with E-state index in [1.54, 1.807) is 12.4 Å². The third-order valence-corrected chi connectivity index (χ3v) is 6.11. The molecule has 0 unspecified atom stereocenters. The number of H-pyrrole nitrogens is 1. The summed E-state index contributed by atoms with van der Waals surface area (Å²) in [5.74, 6) is -3.06. The number of aromatic nitrogens is 1. The van der Waals surface area contributed by atoms with Crippen LogP contribution < -0.4 is 15.4 Å². The van der Waals surface area contributed by atoms with Gasteiger partial charge in [-0.1, -0.05) is 47.5 Å². The smallest absolute Gasteiger partial charge is 0.430 e. The highest BCUT2D eigenvalue weighted by molar-refractivity contribution is 9.10. The molecule has 2 aromatic carbocycles. The Kier molecular flexibility index (Phi) is 10.5. The molecule has 0 aliphatic carbocycles. The maximum absolute atomic E-state index is 12.8. The molecule has 0 fully saturated rings. The lowest BCUT2D eigenvalue weighted by atomic mass is 9.86. The summed E-state index contributed by atoms with van der Waals surface area (Å²) in [6.07, 6.45) is -0.980. The Morgan fingerprint density at radius 2 is 1.54 bits per heavy atom. The van der Waals surface area contributed by atoms with Crippen molar-refractivity contribution >= 4 is 51.0 Å². The lowest BCUT2D eigenvalue weighted by Crippen LogP contribution is -2.38. The van der Waals surface area contributed by atoms with Crippen molar-refractivity contribution in [3.63, 3.8) is 0 Å². The summed E-state index contributed by atoms with van der Waals surface area (Å²) in [7, 11) is 0. The fourth-order valence-corrected chi connectivity index (χ4v) is 3.82. The Bertz CT molecular complexity index is 1140. The van der Waals surface area contributed by atoms with Gasteiger partial charge in [-0.15, -0.1) is 0 Å². The number of aliphatic carboxylic acids is 1. The largest absolute Gasteiger partial charge is 0.542 e. The van der Waals surface area contributed by atoms with E-state index in [0.717, 1.165) is 22.0 Å². The Labute approximate surface area is 218 Å². The fraction of sp³-hybridized carbons (Fsp3) is 0.208. The number of hydrogen-bond donors (Lipinski definition) is 1. The number of aromatic amines is 1. The number of carbonyl (C=O) groups is 2. The van der Waals surface area contributed by atoms with E-state index in [1.165, 1.54) is 0 Å². The third kappa shape index (κ3) is 9.16. The highest BCUT2D eigenvalue weighted by atomic mass is 79.9. The molecule has 0 spiro atoms. The summed E-state index contributed by atoms with van der Waals surface area (Å²) >= 11 is 15.5. The molecule has 2 atom stereocenters. The number of benzene rings is 2. The first-order valence-electron chi connectivity index (χ1n) is 10.1. The van der Waals surface area contributed by atoms with Crippen molar-refractivity contribution in [1.29, 1.82) is 0 Å². The molecular weight excluding hydrogens is 572 g/mol. The van der Waals surface area contributed by atoms with E-state index in [9.17, 15) is 18.0 Å². The molecule has 3 aromatic rings. The first-order valence-corrected chi connectivity index (χ1v) is 11.7. The van der Waals surface area contributed by atoms with Crippen molar-refractivity contribution in [1.82, 2.24) is 5.32 Å². The number of nitrogens with one attached hydrogen (secondary N) is 2. The summed E-state index contributed by atoms with van der Waals surface area (Å²) in [5, 5.41) is 13.3. The zero-order chi connectivity index (χ0) is 26.2. The molecule has 0 aliphatic heterocycles. The predicted octanol–water partition coefficient (Wildman–Crippen LogP) is 5.01. The molecule has 0 saturated carbocycles. The molecule has 0 saturated heterocycles. The van der Waals surface area contributed by atoms with E-state index in [4.69, 9.17) is 33.1 Å². The van der Waals surface area contributed by atoms with Gasteiger partial charge in [0.25, 0.3) is 5.91 Å². The van der Waals surface area contributed by atoms with Crippen molar-refractivity contribution in [2.75, 3.05) is 0 Å². The fourth-order valence-electron chi connectivity index (χ4n) is 3.14. The van der Waals surface area contributed by atoms with Gasteiger partial charge in [0.1, 0.15) is 11.5 Å². The Hall–Kier alpha value is -2.62. The Morgan fingerprint density at radius 3 is 2.03 bits per heavy atom. The topological polar surface area (TPSA) is 83.4 Å². The van der Waals surface area contributed by atoms with Gasteiger partial charge in [-0.25, -0.2) is 4.98 Å². The van der Waals surface area contributed by atoms with Crippen molar-refractivity contribution in [2.45, 2.75) is 31.5 Å². The second-order valence-corrected chi connectivity index (χ2v) is 9.17. The summed E-state index contributed by atoms with van der Waals surface area (Å²) in [5.41, 5.74) is 2.83. The minimum Gasteiger partial charge on any atom is -0.542 e. The average Bonchev–Trinajstić information content (AvgIpc) is 2.79. The van der Waals surface area contributed by atoms with E-state index >= 15 is 0 Å². The standard InChI is InChI=1S/C22H19BrCl2N2O.C2HF3O2/c1-14(27-22(28)20-13-26-11-10-21(20)23)19(16-4-8-18(25)9-5-16)12-15-2-6-17(24)7-3-15;3-2(4,5)1(6)7/h2-11,13-14,19H,12H2,1H3,(H,27,28);(H,6,7)/t14-,19+;/m1./s1. The van der Waals surface area contributed by atoms with E-state index in [0.29, 0.717) is 15.6 Å². The van der Waals surface area contributed by atoms with Gasteiger partial charge in [-0.3, -0.25) is 4.79 Å². The molecule has 11 heteroatoms. The van der Waals surface area contributed by atoms with Gasteiger partial charge in [0.05, 0.1) is 0 Å². The molecule has 2 N–H and O–H groups in total. The Morgan fingerprint density at radius 1 is 1.03 bits per heavy atom. The zero-order valence-electron chi connectivity index (χ0n) is 18.2. The number of carboxylic acid groups (broad SMARTS) is 1. The summed E-state index contributed by atoms with van der Waals surface area (Å²) in [6, 6.07) is 17.3. The minimum absolute atomic E-state index is 0.0776. The maximum atomic E-state index is 12.8. The molecule has 1 amide bonds. The molecule has 5 nitrogen and oxygen atoms in total. The van der Waals surface area contributed by atoms with Crippen LogP contribution in [0.4, 0.5) is 13.2 Å². The van der Waals surface area contributed by atoms with Crippen LogP contribution in [0.25, 0.3) is 0 Å². The van der Waals surface area contributed by atoms with Crippen molar-refractivity contribution < 1.29 is 32.9 Å². The lowest BCUT2D eigenvalue weighted by molar-refractivity contribution is -0.378. The van der Waals surface area contributed by atoms with E-state index in [2.05, 4.69) is 26.2 Å². The summed E-state index contributed by atoms with van der Waals surface area (Å²) in [4.78, 5) is 24.5. The molecule has 0 aliphatic rings. The summed E-state index contributed by atoms with van der Waals surface area (Å²) < 4.78 is 32.3. The molecule has 1 aromatic heterocycles. The van der Waals surface area contributed by atoms with Crippen LogP contribution in [0.15, 0.2) is 71.5 Å². The van der Waals surface area contributed by atoms with E-state index in [-0.39, 0.29) is 17.9 Å². The van der Waals surface area contributed by atoms with Crippen LogP contribution in [0.3, 0.4) is 0 Å². The number of pyridine rings is 1. The van der Waals surface area contributed by atoms with Crippen LogP contribution in [0.5, 0.6) is 0 Å². The average molecular weight is 592 g/mol. The van der Waals surface area contributed by atoms with Crippen LogP contribution >= 0.6 is 39.1 Å². The zero-order valence-corrected chi connectivity index (χ0v) is 21.3. The highest BCUT2D eigenvalue weighted by Crippen LogP contribution is 2.27. The second-order valence-electron chi connectivity index (χ2n) is 7.44. The minimum atomic E-state index is -5.19. The first-order chi connectivity index (χ1) is 16.4. The van der Waals surface area contributed by atoms with Crippen LogP contribution in [0, 0.1) is 0 Å². The molecular formula is C24H20BrCl2F3N2O3. The molecule has 0 bridgehead atoms. The highest BCUT2D eigenvalue weighted by Gasteiger charge is 2.29. The van der Waals surface area contributed by atoms with Gasteiger partial charge in [0, 0.05) is 32.5 Å². The monoisotopic (exact) mass is 590 g/mol. The first kappa shape index (κ1) is 28.6. The Balaban J connectivity index is 0.000000540. The number of rotatable bonds is 6. The maximum Gasteiger partial charge on any atom is 0.430 e. The second kappa shape index (κ2) is 12.9. The van der Waals surface area contributed by atoms with Crippen LogP contribution in [-0.2, 0) is 11.2 Å². The normalized spacial score (nSPS) is 12.7. The number of alkyl halides is 3. The van der Waals surface area contributed by atoms with Crippen LogP contribution in [0.2, 0.25) is 10.0 Å². The SMILES string of the molecule is C[C@@H](NC(=O)c1c[nH+]ccc1Br)[C@H](Cc1ccc(Cl)cc1)c1ccc(Cl)cc1.O=C([O-])C(F)(F)F. The number of carbonyl (C=O) groups excluding carboxylic acids is 2.